The molecule has 0 spiro atoms. The number of halogens is 1. The molecule has 2 heterocycles. The molecule has 7 atom stereocenters. The Bertz CT molecular complexity index is 1550. The number of aliphatic hydroxyl groups is 1. The number of aromatic nitrogens is 2. The summed E-state index contributed by atoms with van der Waals surface area (Å²) in [6, 6.07) is 17.1. The molecule has 1 aliphatic carbocycles. The minimum atomic E-state index is -4.37. The van der Waals surface area contributed by atoms with Gasteiger partial charge in [0.2, 0.25) is 0 Å². The number of ether oxygens (including phenoxy) is 2. The number of hydrogen-bond donors (Lipinski definition) is 3. The van der Waals surface area contributed by atoms with E-state index in [1.165, 1.54) is 20.0 Å². The van der Waals surface area contributed by atoms with Crippen LogP contribution in [-0.4, -0.2) is 49.4 Å². The highest BCUT2D eigenvalue weighted by Gasteiger charge is 2.84. The zero-order valence-corrected chi connectivity index (χ0v) is 23.1. The number of para-hydroxylation sites is 1. The second-order valence-corrected chi connectivity index (χ2v) is 12.1. The van der Waals surface area contributed by atoms with Crippen LogP contribution in [-0.2, 0) is 30.0 Å². The van der Waals surface area contributed by atoms with Gasteiger partial charge in [0, 0.05) is 12.3 Å². The van der Waals surface area contributed by atoms with E-state index < -0.39 is 59.9 Å². The van der Waals surface area contributed by atoms with Crippen LogP contribution in [0.5, 0.6) is 5.75 Å². The maximum absolute atomic E-state index is 14.0. The van der Waals surface area contributed by atoms with Gasteiger partial charge in [-0.2, -0.15) is 5.09 Å². The van der Waals surface area contributed by atoms with Crippen LogP contribution >= 0.6 is 19.3 Å². The molecule has 14 heteroatoms. The number of H-pyrrole nitrogens is 1. The monoisotopic (exact) mass is 591 g/mol. The Labute approximate surface area is 233 Å². The van der Waals surface area contributed by atoms with Gasteiger partial charge in [-0.1, -0.05) is 48.5 Å². The average molecular weight is 592 g/mol. The summed E-state index contributed by atoms with van der Waals surface area (Å²) >= 11 is 6.72. The molecule has 12 nitrogen and oxygen atoms in total. The first-order valence-electron chi connectivity index (χ1n) is 12.3. The molecule has 3 aromatic rings. The molecule has 212 valence electrons. The number of benzene rings is 2. The van der Waals surface area contributed by atoms with Crippen LogP contribution in [0.3, 0.4) is 0 Å². The first-order valence-corrected chi connectivity index (χ1v) is 14.3. The topological polar surface area (TPSA) is 158 Å². The number of carbonyl (C=O) groups is 1. The molecule has 2 aliphatic rings. The fourth-order valence-electron chi connectivity index (χ4n) is 4.58. The van der Waals surface area contributed by atoms with Gasteiger partial charge >= 0.3 is 19.4 Å². The van der Waals surface area contributed by atoms with Crippen LogP contribution < -0.4 is 20.9 Å². The van der Waals surface area contributed by atoms with Gasteiger partial charge < -0.3 is 19.1 Å². The lowest BCUT2D eigenvalue weighted by Gasteiger charge is -2.33. The zero-order chi connectivity index (χ0) is 28.7. The number of rotatable bonds is 10. The number of nitrogens with one attached hydrogen (secondary N) is 2. The SMILES string of the molecule is C[C@@H](NP(=O)(Oc1ccccc1)OC1[C@H]2O[C@@H](n3ccc(=O)[nH]c3=O)[C@](C)(Cl)[C@@]12O)C(=O)OCc1ccccc1. The molecule has 0 bridgehead atoms. The van der Waals surface area contributed by atoms with Gasteiger partial charge in [-0.05, 0) is 31.5 Å². The van der Waals surface area contributed by atoms with Crippen molar-refractivity contribution >= 4 is 25.3 Å². The smallest absolute Gasteiger partial charge is 0.459 e. The van der Waals surface area contributed by atoms with Gasteiger partial charge in [0.15, 0.2) is 6.23 Å². The van der Waals surface area contributed by atoms with Gasteiger partial charge in [0.1, 0.15) is 41.1 Å². The van der Waals surface area contributed by atoms with Gasteiger partial charge in [0.05, 0.1) is 0 Å². The molecule has 1 aromatic heterocycles. The molecule has 3 N–H and O–H groups in total. The van der Waals surface area contributed by atoms with E-state index in [1.54, 1.807) is 42.5 Å². The quantitative estimate of drug-likeness (QED) is 0.182. The van der Waals surface area contributed by atoms with E-state index in [2.05, 4.69) is 10.1 Å². The number of aromatic amines is 1. The molecule has 1 aliphatic heterocycles. The third-order valence-electron chi connectivity index (χ3n) is 6.81. The third-order valence-corrected chi connectivity index (χ3v) is 8.96. The van der Waals surface area contributed by atoms with Crippen molar-refractivity contribution in [1.82, 2.24) is 14.6 Å². The lowest BCUT2D eigenvalue weighted by molar-refractivity contribution is -0.146. The number of nitrogens with zero attached hydrogens (tertiary/aromatic N) is 1. The van der Waals surface area contributed by atoms with Crippen LogP contribution in [0.4, 0.5) is 0 Å². The average Bonchev–Trinajstić information content (AvgIpc) is 3.41. The first-order chi connectivity index (χ1) is 18.9. The Morgan fingerprint density at radius 2 is 1.82 bits per heavy atom. The van der Waals surface area contributed by atoms with Crippen molar-refractivity contribution in [1.29, 1.82) is 0 Å². The number of carbonyl (C=O) groups excluding carboxylic acids is 1. The second kappa shape index (κ2) is 10.6. The van der Waals surface area contributed by atoms with E-state index in [4.69, 9.17) is 30.1 Å². The predicted molar refractivity (Wildman–Crippen MR) is 143 cm³/mol. The summed E-state index contributed by atoms with van der Waals surface area (Å²) in [6.45, 7) is 2.87. The van der Waals surface area contributed by atoms with E-state index >= 15 is 0 Å². The molecular formula is C26H27ClN3O9P. The Morgan fingerprint density at radius 3 is 2.42 bits per heavy atom. The van der Waals surface area contributed by atoms with Crippen molar-refractivity contribution in [2.24, 2.45) is 0 Å². The molecule has 1 saturated carbocycles. The van der Waals surface area contributed by atoms with E-state index in [0.29, 0.717) is 0 Å². The Kier molecular flexibility index (Phi) is 7.51. The summed E-state index contributed by atoms with van der Waals surface area (Å²) in [5, 5.41) is 14.0. The van der Waals surface area contributed by atoms with Crippen molar-refractivity contribution < 1.29 is 33.0 Å². The van der Waals surface area contributed by atoms with E-state index in [-0.39, 0.29) is 12.4 Å². The van der Waals surface area contributed by atoms with Crippen LogP contribution in [0, 0.1) is 0 Å². The van der Waals surface area contributed by atoms with Gasteiger partial charge in [-0.15, -0.1) is 11.6 Å². The lowest BCUT2D eigenvalue weighted by Crippen LogP contribution is -2.47. The number of alkyl halides is 1. The summed E-state index contributed by atoms with van der Waals surface area (Å²) in [6.07, 6.45) is -2.33. The normalized spacial score (nSPS) is 29.1. The summed E-state index contributed by atoms with van der Waals surface area (Å²) in [7, 11) is -4.37. The highest BCUT2D eigenvalue weighted by molar-refractivity contribution is 7.52. The van der Waals surface area contributed by atoms with Gasteiger partial charge in [0.25, 0.3) is 5.56 Å². The van der Waals surface area contributed by atoms with Crippen LogP contribution in [0.15, 0.2) is 82.5 Å². The van der Waals surface area contributed by atoms with E-state index in [0.717, 1.165) is 16.2 Å². The summed E-state index contributed by atoms with van der Waals surface area (Å²) in [5.41, 5.74) is -2.52. The molecular weight excluding hydrogens is 565 g/mol. The number of esters is 1. The minimum absolute atomic E-state index is 0.00476. The molecule has 40 heavy (non-hydrogen) atoms. The van der Waals surface area contributed by atoms with Crippen LogP contribution in [0.25, 0.3) is 0 Å². The fraction of sp³-hybridized carbons (Fsp3) is 0.346. The highest BCUT2D eigenvalue weighted by Crippen LogP contribution is 2.66. The Balaban J connectivity index is 1.33. The largest absolute Gasteiger partial charge is 0.460 e. The van der Waals surface area contributed by atoms with Gasteiger partial charge in [-0.25, -0.2) is 9.36 Å². The third kappa shape index (κ3) is 5.26. The predicted octanol–water partition coefficient (Wildman–Crippen LogP) is 2.47. The molecule has 1 saturated heterocycles. The van der Waals surface area contributed by atoms with Crippen molar-refractivity contribution in [2.45, 2.75) is 55.4 Å². The van der Waals surface area contributed by atoms with Crippen LogP contribution in [0.1, 0.15) is 25.6 Å². The minimum Gasteiger partial charge on any atom is -0.460 e. The summed E-state index contributed by atoms with van der Waals surface area (Å²) < 4.78 is 37.7. The summed E-state index contributed by atoms with van der Waals surface area (Å²) in [5.74, 6) is -0.539. The number of fused-ring (bicyclic) bond motifs is 1. The van der Waals surface area contributed by atoms with E-state index in [1.807, 2.05) is 18.2 Å². The maximum Gasteiger partial charge on any atom is 0.459 e. The molecule has 2 aromatic carbocycles. The molecule has 0 radical (unpaired) electrons. The Hall–Kier alpha value is -3.25. The van der Waals surface area contributed by atoms with Gasteiger partial charge in [-0.3, -0.25) is 23.7 Å². The lowest BCUT2D eigenvalue weighted by atomic mass is 10.0. The number of hydrogen-bond acceptors (Lipinski definition) is 9. The molecule has 2 unspecified atom stereocenters. The highest BCUT2D eigenvalue weighted by atomic mass is 35.5. The fourth-order valence-corrected chi connectivity index (χ4v) is 6.65. The second-order valence-electron chi connectivity index (χ2n) is 9.70. The first kappa shape index (κ1) is 28.3. The van der Waals surface area contributed by atoms with Crippen molar-refractivity contribution in [3.8, 4) is 5.75 Å². The van der Waals surface area contributed by atoms with Crippen molar-refractivity contribution in [2.75, 3.05) is 0 Å². The Morgan fingerprint density at radius 1 is 1.18 bits per heavy atom. The van der Waals surface area contributed by atoms with Crippen molar-refractivity contribution in [3.05, 3.63) is 99.3 Å². The molecule has 0 amide bonds. The van der Waals surface area contributed by atoms with E-state index in [9.17, 15) is 24.1 Å². The standard InChI is InChI=1S/C26H27ClN3O9P/c1-16(22(32)36-15-17-9-5-3-6-10-17)29-40(35,38-18-11-7-4-8-12-18)39-21-20-26(21,34)25(2,27)23(37-20)30-14-13-19(31)28-24(30)33/h3-14,16,20-21,23,34H,15H2,1-2H3,(H,29,35)(H,28,31,33)/t16-,20-,21?,23-,25+,26+,40?/m1/s1. The zero-order valence-electron chi connectivity index (χ0n) is 21.4. The van der Waals surface area contributed by atoms with Crippen molar-refractivity contribution in [3.63, 3.8) is 0 Å². The van der Waals surface area contributed by atoms with Crippen LogP contribution in [0.2, 0.25) is 0 Å². The maximum atomic E-state index is 14.0. The molecule has 2 fully saturated rings. The summed E-state index contributed by atoms with van der Waals surface area (Å²) in [4.78, 5) is 36.9. The molecule has 5 rings (SSSR count).